The van der Waals surface area contributed by atoms with Crippen molar-refractivity contribution >= 4 is 23.2 Å². The number of hydrogen-bond donors (Lipinski definition) is 1. The number of fused-ring (bicyclic) bond motifs is 1. The monoisotopic (exact) mass is 253 g/mol. The predicted octanol–water partition coefficient (Wildman–Crippen LogP) is 2.81. The molecule has 1 aliphatic rings. The second-order valence-electron chi connectivity index (χ2n) is 4.28. The van der Waals surface area contributed by atoms with Gasteiger partial charge in [0.05, 0.1) is 11.6 Å². The molecular formula is C13H16ClNO2. The normalized spacial score (nSPS) is 14.2. The largest absolute Gasteiger partial charge is 0.492 e. The highest BCUT2D eigenvalue weighted by atomic mass is 35.5. The van der Waals surface area contributed by atoms with E-state index in [1.54, 1.807) is 0 Å². The molecule has 0 fully saturated rings. The smallest absolute Gasteiger partial charge is 0.224 e. The van der Waals surface area contributed by atoms with Crippen LogP contribution < -0.4 is 10.1 Å². The van der Waals surface area contributed by atoms with E-state index in [1.807, 2.05) is 19.9 Å². The van der Waals surface area contributed by atoms with Gasteiger partial charge in [-0.05, 0) is 31.4 Å². The van der Waals surface area contributed by atoms with Crippen molar-refractivity contribution in [3.8, 4) is 5.75 Å². The number of hydrogen-bond acceptors (Lipinski definition) is 2. The zero-order valence-corrected chi connectivity index (χ0v) is 10.9. The van der Waals surface area contributed by atoms with Crippen LogP contribution in [0.2, 0.25) is 0 Å². The zero-order valence-electron chi connectivity index (χ0n) is 10.1. The molecule has 17 heavy (non-hydrogen) atoms. The number of ether oxygens (including phenoxy) is 1. The molecule has 0 bridgehead atoms. The Hall–Kier alpha value is -1.22. The molecule has 2 rings (SSSR count). The number of anilines is 1. The fourth-order valence-electron chi connectivity index (χ4n) is 2.25. The molecule has 0 aliphatic carbocycles. The van der Waals surface area contributed by atoms with Crippen molar-refractivity contribution in [1.29, 1.82) is 0 Å². The molecule has 1 aromatic carbocycles. The Morgan fingerprint density at radius 3 is 2.82 bits per heavy atom. The van der Waals surface area contributed by atoms with E-state index in [9.17, 15) is 4.79 Å². The van der Waals surface area contributed by atoms with Crippen LogP contribution in [0.25, 0.3) is 0 Å². The Balaban J connectivity index is 2.45. The number of rotatable bonds is 3. The van der Waals surface area contributed by atoms with Crippen LogP contribution in [0.1, 0.15) is 23.1 Å². The summed E-state index contributed by atoms with van der Waals surface area (Å²) in [5, 5.41) is 2.92. The van der Waals surface area contributed by atoms with Crippen LogP contribution in [0, 0.1) is 13.8 Å². The average Bonchev–Trinajstić information content (AvgIpc) is 2.29. The molecule has 0 saturated carbocycles. The second kappa shape index (κ2) is 4.96. The van der Waals surface area contributed by atoms with Gasteiger partial charge in [-0.3, -0.25) is 4.79 Å². The Labute approximate surface area is 106 Å². The molecule has 1 aliphatic heterocycles. The first-order valence-corrected chi connectivity index (χ1v) is 6.28. The van der Waals surface area contributed by atoms with E-state index in [0.29, 0.717) is 18.9 Å². The summed E-state index contributed by atoms with van der Waals surface area (Å²) >= 11 is 5.65. The van der Waals surface area contributed by atoms with Crippen molar-refractivity contribution in [2.75, 3.05) is 17.8 Å². The van der Waals surface area contributed by atoms with Crippen LogP contribution in [0.3, 0.4) is 0 Å². The summed E-state index contributed by atoms with van der Waals surface area (Å²) in [5.41, 5.74) is 4.20. The van der Waals surface area contributed by atoms with Gasteiger partial charge in [-0.2, -0.15) is 0 Å². The Bertz CT molecular complexity index is 457. The first-order valence-electron chi connectivity index (χ1n) is 5.75. The number of nitrogens with one attached hydrogen (secondary N) is 1. The van der Waals surface area contributed by atoms with E-state index in [-0.39, 0.29) is 5.91 Å². The van der Waals surface area contributed by atoms with Gasteiger partial charge in [-0.25, -0.2) is 0 Å². The molecule has 4 heteroatoms. The summed E-state index contributed by atoms with van der Waals surface area (Å²) < 4.78 is 5.69. The van der Waals surface area contributed by atoms with E-state index < -0.39 is 0 Å². The SMILES string of the molecule is Cc1cc(C)c(OCCCl)c2c1NC(=O)CC2. The lowest BCUT2D eigenvalue weighted by atomic mass is 9.95. The van der Waals surface area contributed by atoms with E-state index in [1.165, 1.54) is 0 Å². The molecule has 0 radical (unpaired) electrons. The van der Waals surface area contributed by atoms with E-state index in [4.69, 9.17) is 16.3 Å². The lowest BCUT2D eigenvalue weighted by Gasteiger charge is -2.23. The summed E-state index contributed by atoms with van der Waals surface area (Å²) in [4.78, 5) is 11.4. The fourth-order valence-corrected chi connectivity index (χ4v) is 2.32. The average molecular weight is 254 g/mol. The summed E-state index contributed by atoms with van der Waals surface area (Å²) in [6, 6.07) is 2.04. The maximum Gasteiger partial charge on any atom is 0.224 e. The number of amides is 1. The van der Waals surface area contributed by atoms with Gasteiger partial charge < -0.3 is 10.1 Å². The molecule has 1 heterocycles. The van der Waals surface area contributed by atoms with Gasteiger partial charge in [0.1, 0.15) is 12.4 Å². The van der Waals surface area contributed by atoms with Crippen molar-refractivity contribution in [2.45, 2.75) is 26.7 Å². The molecule has 0 saturated heterocycles. The topological polar surface area (TPSA) is 38.3 Å². The van der Waals surface area contributed by atoms with Crippen LogP contribution >= 0.6 is 11.6 Å². The third kappa shape index (κ3) is 2.39. The third-order valence-corrected chi connectivity index (χ3v) is 3.11. The predicted molar refractivity (Wildman–Crippen MR) is 69.1 cm³/mol. The van der Waals surface area contributed by atoms with Crippen LogP contribution in [0.4, 0.5) is 5.69 Å². The Morgan fingerprint density at radius 2 is 2.12 bits per heavy atom. The van der Waals surface area contributed by atoms with Crippen molar-refractivity contribution in [3.05, 3.63) is 22.8 Å². The molecule has 3 nitrogen and oxygen atoms in total. The number of benzene rings is 1. The van der Waals surface area contributed by atoms with E-state index in [0.717, 1.165) is 34.5 Å². The first kappa shape index (κ1) is 12.2. The minimum absolute atomic E-state index is 0.0766. The summed E-state index contributed by atoms with van der Waals surface area (Å²) in [6.45, 7) is 4.52. The standard InChI is InChI=1S/C13H16ClNO2/c1-8-7-9(2)13(17-6-5-14)10-3-4-11(16)15-12(8)10/h7H,3-6H2,1-2H3,(H,15,16). The highest BCUT2D eigenvalue weighted by Crippen LogP contribution is 2.36. The van der Waals surface area contributed by atoms with E-state index in [2.05, 4.69) is 5.32 Å². The number of carbonyl (C=O) groups is 1. The second-order valence-corrected chi connectivity index (χ2v) is 4.66. The van der Waals surface area contributed by atoms with Crippen molar-refractivity contribution in [3.63, 3.8) is 0 Å². The number of carbonyl (C=O) groups excluding carboxylic acids is 1. The molecule has 0 spiro atoms. The first-order chi connectivity index (χ1) is 8.13. The number of halogens is 1. The van der Waals surface area contributed by atoms with Gasteiger partial charge in [-0.1, -0.05) is 6.07 Å². The molecule has 92 valence electrons. The molecule has 0 aromatic heterocycles. The number of alkyl halides is 1. The summed E-state index contributed by atoms with van der Waals surface area (Å²) in [6.07, 6.45) is 1.26. The van der Waals surface area contributed by atoms with Gasteiger partial charge in [0.2, 0.25) is 5.91 Å². The van der Waals surface area contributed by atoms with Gasteiger partial charge in [-0.15, -0.1) is 11.6 Å². The molecule has 1 aromatic rings. The molecule has 0 atom stereocenters. The van der Waals surface area contributed by atoms with Gasteiger partial charge >= 0.3 is 0 Å². The highest BCUT2D eigenvalue weighted by molar-refractivity contribution is 6.18. The van der Waals surface area contributed by atoms with Crippen molar-refractivity contribution in [1.82, 2.24) is 0 Å². The van der Waals surface area contributed by atoms with Crippen LogP contribution in [-0.4, -0.2) is 18.4 Å². The quantitative estimate of drug-likeness (QED) is 0.842. The fraction of sp³-hybridized carbons (Fsp3) is 0.462. The number of aryl methyl sites for hydroxylation is 2. The molecule has 0 unspecified atom stereocenters. The summed E-state index contributed by atoms with van der Waals surface area (Å²) in [7, 11) is 0. The van der Waals surface area contributed by atoms with Crippen molar-refractivity contribution < 1.29 is 9.53 Å². The minimum atomic E-state index is 0.0766. The van der Waals surface area contributed by atoms with Crippen LogP contribution in [0.5, 0.6) is 5.75 Å². The maximum atomic E-state index is 11.4. The van der Waals surface area contributed by atoms with Gasteiger partial charge in [0.15, 0.2) is 0 Å². The Kier molecular flexibility index (Phi) is 3.57. The maximum absolute atomic E-state index is 11.4. The summed E-state index contributed by atoms with van der Waals surface area (Å²) in [5.74, 6) is 1.42. The lowest BCUT2D eigenvalue weighted by molar-refractivity contribution is -0.116. The molecule has 1 N–H and O–H groups in total. The zero-order chi connectivity index (χ0) is 12.4. The van der Waals surface area contributed by atoms with Gasteiger partial charge in [0.25, 0.3) is 0 Å². The highest BCUT2D eigenvalue weighted by Gasteiger charge is 2.22. The lowest BCUT2D eigenvalue weighted by Crippen LogP contribution is -2.21. The Morgan fingerprint density at radius 1 is 1.35 bits per heavy atom. The van der Waals surface area contributed by atoms with Crippen LogP contribution in [-0.2, 0) is 11.2 Å². The molecule has 1 amide bonds. The van der Waals surface area contributed by atoms with Gasteiger partial charge in [0, 0.05) is 12.0 Å². The van der Waals surface area contributed by atoms with E-state index >= 15 is 0 Å². The third-order valence-electron chi connectivity index (χ3n) is 2.95. The van der Waals surface area contributed by atoms with Crippen LogP contribution in [0.15, 0.2) is 6.07 Å². The van der Waals surface area contributed by atoms with Crippen molar-refractivity contribution in [2.24, 2.45) is 0 Å². The molecular weight excluding hydrogens is 238 g/mol. The minimum Gasteiger partial charge on any atom is -0.492 e.